The highest BCUT2D eigenvalue weighted by atomic mass is 32.2. The van der Waals surface area contributed by atoms with Gasteiger partial charge in [0.15, 0.2) is 15.8 Å². The maximum absolute atomic E-state index is 11.7. The molecule has 1 aromatic carbocycles. The summed E-state index contributed by atoms with van der Waals surface area (Å²) in [5, 5.41) is 6.59. The van der Waals surface area contributed by atoms with Crippen LogP contribution in [0.1, 0.15) is 34.7 Å². The van der Waals surface area contributed by atoms with Gasteiger partial charge < -0.3 is 10.6 Å². The smallest absolute Gasteiger partial charge is 0.191 e. The summed E-state index contributed by atoms with van der Waals surface area (Å²) in [5.74, 6) is 0.754. The van der Waals surface area contributed by atoms with E-state index in [9.17, 15) is 8.42 Å². The van der Waals surface area contributed by atoms with Crippen molar-refractivity contribution in [1.29, 1.82) is 0 Å². The van der Waals surface area contributed by atoms with Gasteiger partial charge in [-0.05, 0) is 49.6 Å². The molecule has 0 fully saturated rings. The van der Waals surface area contributed by atoms with Crippen LogP contribution in [0.25, 0.3) is 0 Å². The van der Waals surface area contributed by atoms with Crippen molar-refractivity contribution in [2.75, 3.05) is 12.8 Å². The Morgan fingerprint density at radius 2 is 1.85 bits per heavy atom. The van der Waals surface area contributed by atoms with Crippen molar-refractivity contribution in [3.05, 3.63) is 51.2 Å². The second-order valence-electron chi connectivity index (χ2n) is 6.14. The predicted octanol–water partition coefficient (Wildman–Crippen LogP) is 3.28. The molecule has 0 aliphatic heterocycles. The molecule has 0 saturated heterocycles. The highest BCUT2D eigenvalue weighted by Crippen LogP contribution is 2.18. The van der Waals surface area contributed by atoms with Gasteiger partial charge in [-0.2, -0.15) is 0 Å². The van der Waals surface area contributed by atoms with Crippen LogP contribution < -0.4 is 10.6 Å². The minimum Gasteiger partial charge on any atom is -0.357 e. The number of guanidine groups is 1. The average Bonchev–Trinajstić information content (AvgIpc) is 3.04. The van der Waals surface area contributed by atoms with Gasteiger partial charge in [-0.15, -0.1) is 11.3 Å². The summed E-state index contributed by atoms with van der Waals surface area (Å²) >= 11 is 1.81. The van der Waals surface area contributed by atoms with E-state index in [1.165, 1.54) is 16.0 Å². The number of hydrogen-bond acceptors (Lipinski definition) is 4. The van der Waals surface area contributed by atoms with Crippen LogP contribution in [0.4, 0.5) is 0 Å². The van der Waals surface area contributed by atoms with Gasteiger partial charge in [0.1, 0.15) is 0 Å². The average molecular weight is 394 g/mol. The number of hydrogen-bond donors (Lipinski definition) is 2. The summed E-state index contributed by atoms with van der Waals surface area (Å²) in [7, 11) is -3.19. The third-order valence-corrected chi connectivity index (χ3v) is 6.39. The van der Waals surface area contributed by atoms with Crippen LogP contribution in [0.3, 0.4) is 0 Å². The summed E-state index contributed by atoms with van der Waals surface area (Å²) in [5.41, 5.74) is 1.74. The van der Waals surface area contributed by atoms with Gasteiger partial charge in [-0.3, -0.25) is 0 Å². The lowest BCUT2D eigenvalue weighted by Crippen LogP contribution is -2.36. The molecule has 26 heavy (non-hydrogen) atoms. The van der Waals surface area contributed by atoms with Crippen LogP contribution in [-0.4, -0.2) is 27.2 Å². The minimum atomic E-state index is -3.19. The van der Waals surface area contributed by atoms with Crippen LogP contribution in [0.2, 0.25) is 0 Å². The first-order valence-corrected chi connectivity index (χ1v) is 11.4. The molecule has 0 aliphatic carbocycles. The third kappa shape index (κ3) is 5.85. The van der Waals surface area contributed by atoms with Crippen molar-refractivity contribution >= 4 is 27.1 Å². The molecule has 0 atom stereocenters. The van der Waals surface area contributed by atoms with Crippen LogP contribution in [-0.2, 0) is 29.3 Å². The number of aliphatic imine (C=N–C) groups is 1. The maximum Gasteiger partial charge on any atom is 0.191 e. The van der Waals surface area contributed by atoms with E-state index in [0.717, 1.165) is 36.6 Å². The highest BCUT2D eigenvalue weighted by Gasteiger charge is 2.10. The molecular weight excluding hydrogens is 366 g/mol. The van der Waals surface area contributed by atoms with Gasteiger partial charge in [-0.25, -0.2) is 13.4 Å². The highest BCUT2D eigenvalue weighted by molar-refractivity contribution is 7.90. The largest absolute Gasteiger partial charge is 0.357 e. The van der Waals surface area contributed by atoms with Crippen molar-refractivity contribution in [2.45, 2.75) is 45.2 Å². The Bertz CT molecular complexity index is 871. The summed E-state index contributed by atoms with van der Waals surface area (Å²) in [6, 6.07) is 9.68. The number of nitrogens with one attached hydrogen (secondary N) is 2. The quantitative estimate of drug-likeness (QED) is 0.559. The Kier molecular flexibility index (Phi) is 7.23. The molecule has 1 aromatic heterocycles. The first-order chi connectivity index (χ1) is 12.3. The van der Waals surface area contributed by atoms with Crippen molar-refractivity contribution < 1.29 is 8.42 Å². The third-order valence-electron chi connectivity index (χ3n) is 3.90. The molecule has 5 nitrogen and oxygen atoms in total. The number of thiophene rings is 1. The van der Waals surface area contributed by atoms with E-state index in [0.29, 0.717) is 11.4 Å². The molecule has 7 heteroatoms. The maximum atomic E-state index is 11.7. The first kappa shape index (κ1) is 20.5. The molecule has 0 spiro atoms. The van der Waals surface area contributed by atoms with Crippen LogP contribution in [0.15, 0.2) is 40.2 Å². The van der Waals surface area contributed by atoms with Crippen LogP contribution in [0.5, 0.6) is 0 Å². The number of rotatable bonds is 7. The summed E-state index contributed by atoms with van der Waals surface area (Å²) in [6.07, 6.45) is 2.29. The summed E-state index contributed by atoms with van der Waals surface area (Å²) in [6.45, 7) is 8.01. The van der Waals surface area contributed by atoms with Crippen molar-refractivity contribution in [3.8, 4) is 0 Å². The normalized spacial score (nSPS) is 12.2. The van der Waals surface area contributed by atoms with E-state index < -0.39 is 9.84 Å². The Morgan fingerprint density at radius 1 is 1.12 bits per heavy atom. The molecule has 0 amide bonds. The van der Waals surface area contributed by atoms with Crippen molar-refractivity contribution in [2.24, 2.45) is 4.99 Å². The lowest BCUT2D eigenvalue weighted by atomic mass is 10.1. The van der Waals surface area contributed by atoms with Crippen molar-refractivity contribution in [3.63, 3.8) is 0 Å². The molecule has 1 heterocycles. The Hall–Kier alpha value is -1.86. The van der Waals surface area contributed by atoms with E-state index in [1.807, 2.05) is 37.3 Å². The van der Waals surface area contributed by atoms with Crippen LogP contribution >= 0.6 is 11.3 Å². The molecule has 2 aromatic rings. The molecule has 0 bridgehead atoms. The molecule has 0 aliphatic rings. The van der Waals surface area contributed by atoms with Gasteiger partial charge in [0.25, 0.3) is 0 Å². The topological polar surface area (TPSA) is 70.6 Å². The number of nitrogens with zero attached hydrogens (tertiary/aromatic N) is 1. The number of aryl methyl sites for hydroxylation is 2. The Balaban J connectivity index is 2.05. The van der Waals surface area contributed by atoms with E-state index >= 15 is 0 Å². The molecular formula is C19H27N3O2S2. The van der Waals surface area contributed by atoms with Gasteiger partial charge in [0, 0.05) is 22.6 Å². The summed E-state index contributed by atoms with van der Waals surface area (Å²) in [4.78, 5) is 7.64. The zero-order valence-corrected chi connectivity index (χ0v) is 17.4. The van der Waals surface area contributed by atoms with Crippen LogP contribution in [0, 0.1) is 6.92 Å². The monoisotopic (exact) mass is 393 g/mol. The summed E-state index contributed by atoms with van der Waals surface area (Å²) < 4.78 is 23.4. The second-order valence-corrected chi connectivity index (χ2v) is 9.38. The van der Waals surface area contributed by atoms with Gasteiger partial charge >= 0.3 is 0 Å². The van der Waals surface area contributed by atoms with E-state index in [-0.39, 0.29) is 0 Å². The lowest BCUT2D eigenvalue weighted by Gasteiger charge is -2.11. The Labute approximate surface area is 160 Å². The standard InChI is InChI=1S/C19H27N3O2S2/c1-5-16-8-9-17(25-16)13-22-19(20-6-2)21-12-15-7-10-18(14(3)11-15)26(4,23)24/h7-11H,5-6,12-13H2,1-4H3,(H2,20,21,22). The zero-order valence-electron chi connectivity index (χ0n) is 15.8. The zero-order chi connectivity index (χ0) is 19.2. The number of benzene rings is 1. The molecule has 142 valence electrons. The van der Waals surface area contributed by atoms with E-state index in [4.69, 9.17) is 0 Å². The van der Waals surface area contributed by atoms with E-state index in [2.05, 4.69) is 34.7 Å². The minimum absolute atomic E-state index is 0.375. The van der Waals surface area contributed by atoms with Gasteiger partial charge in [-0.1, -0.05) is 19.1 Å². The van der Waals surface area contributed by atoms with Crippen molar-refractivity contribution in [1.82, 2.24) is 10.6 Å². The first-order valence-electron chi connectivity index (χ1n) is 8.72. The molecule has 0 saturated carbocycles. The number of sulfone groups is 1. The lowest BCUT2D eigenvalue weighted by molar-refractivity contribution is 0.601. The molecule has 2 rings (SSSR count). The van der Waals surface area contributed by atoms with Gasteiger partial charge in [0.2, 0.25) is 0 Å². The van der Waals surface area contributed by atoms with E-state index in [1.54, 1.807) is 6.07 Å². The second kappa shape index (κ2) is 9.19. The fourth-order valence-electron chi connectivity index (χ4n) is 2.62. The Morgan fingerprint density at radius 3 is 2.42 bits per heavy atom. The molecule has 2 N–H and O–H groups in total. The fourth-order valence-corrected chi connectivity index (χ4v) is 4.47. The predicted molar refractivity (Wildman–Crippen MR) is 110 cm³/mol. The fraction of sp³-hybridized carbons (Fsp3) is 0.421. The molecule has 0 radical (unpaired) electrons. The molecule has 0 unspecified atom stereocenters. The SMILES string of the molecule is CCNC(=NCc1ccc(S(C)(=O)=O)c(C)c1)NCc1ccc(CC)s1. The van der Waals surface area contributed by atoms with Gasteiger partial charge in [0.05, 0.1) is 18.0 Å².